The zero-order valence-electron chi connectivity index (χ0n) is 13.4. The van der Waals surface area contributed by atoms with Crippen LogP contribution in [0.5, 0.6) is 0 Å². The van der Waals surface area contributed by atoms with Gasteiger partial charge in [0.2, 0.25) is 0 Å². The predicted octanol–water partition coefficient (Wildman–Crippen LogP) is 5.07. The van der Waals surface area contributed by atoms with Gasteiger partial charge in [0.15, 0.2) is 0 Å². The third-order valence-electron chi connectivity index (χ3n) is 4.91. The Balaban J connectivity index is 1.92. The Labute approximate surface area is 124 Å². The van der Waals surface area contributed by atoms with Gasteiger partial charge in [-0.2, -0.15) is 0 Å². The van der Waals surface area contributed by atoms with Gasteiger partial charge in [-0.25, -0.2) is 0 Å². The molecular weight excluding hydrogens is 244 g/mol. The molecule has 0 heterocycles. The highest BCUT2D eigenvalue weighted by molar-refractivity contribution is 5.25. The van der Waals surface area contributed by atoms with E-state index in [0.717, 1.165) is 25.2 Å². The summed E-state index contributed by atoms with van der Waals surface area (Å²) >= 11 is 0. The van der Waals surface area contributed by atoms with Crippen LogP contribution in [0.2, 0.25) is 0 Å². The fraction of sp³-hybridized carbons (Fsp3) is 0.684. The second-order valence-corrected chi connectivity index (χ2v) is 7.03. The molecule has 2 rings (SSSR count). The number of benzene rings is 1. The molecular formula is C19H30O. The molecule has 0 radical (unpaired) electrons. The zero-order chi connectivity index (χ0) is 14.6. The van der Waals surface area contributed by atoms with Crippen molar-refractivity contribution in [1.82, 2.24) is 0 Å². The molecule has 20 heavy (non-hydrogen) atoms. The molecule has 1 fully saturated rings. The molecule has 0 unspecified atom stereocenters. The molecule has 1 aliphatic carbocycles. The highest BCUT2D eigenvalue weighted by atomic mass is 16.3. The van der Waals surface area contributed by atoms with Gasteiger partial charge in [0, 0.05) is 6.42 Å². The lowest BCUT2D eigenvalue weighted by molar-refractivity contribution is -0.00987. The Morgan fingerprint density at radius 2 is 1.75 bits per heavy atom. The maximum atomic E-state index is 10.8. The highest BCUT2D eigenvalue weighted by Crippen LogP contribution is 2.36. The first-order valence-corrected chi connectivity index (χ1v) is 8.33. The first-order valence-electron chi connectivity index (χ1n) is 8.33. The van der Waals surface area contributed by atoms with E-state index in [1.807, 2.05) is 0 Å². The largest absolute Gasteiger partial charge is 0.390 e. The van der Waals surface area contributed by atoms with E-state index in [9.17, 15) is 5.11 Å². The molecule has 0 atom stereocenters. The summed E-state index contributed by atoms with van der Waals surface area (Å²) in [6.07, 6.45) is 7.79. The molecule has 1 aliphatic rings. The van der Waals surface area contributed by atoms with Crippen LogP contribution in [-0.4, -0.2) is 10.7 Å². The van der Waals surface area contributed by atoms with Crippen molar-refractivity contribution in [2.75, 3.05) is 0 Å². The minimum absolute atomic E-state index is 0.455. The van der Waals surface area contributed by atoms with E-state index in [1.165, 1.54) is 36.8 Å². The Bertz CT molecular complexity index is 396. The summed E-state index contributed by atoms with van der Waals surface area (Å²) in [6, 6.07) is 8.83. The van der Waals surface area contributed by atoms with Crippen LogP contribution < -0.4 is 0 Å². The SMILES string of the molecule is CCCC1CCC(O)(Cc2ccc(C(C)C)cc2)CC1. The molecule has 1 saturated carbocycles. The average Bonchev–Trinajstić information content (AvgIpc) is 2.42. The van der Waals surface area contributed by atoms with Crippen LogP contribution in [0.3, 0.4) is 0 Å². The number of rotatable bonds is 5. The van der Waals surface area contributed by atoms with Gasteiger partial charge in [0.05, 0.1) is 5.60 Å². The Kier molecular flexibility index (Phi) is 5.26. The van der Waals surface area contributed by atoms with Crippen LogP contribution in [0, 0.1) is 5.92 Å². The van der Waals surface area contributed by atoms with Gasteiger partial charge in [-0.05, 0) is 48.6 Å². The van der Waals surface area contributed by atoms with Gasteiger partial charge < -0.3 is 5.11 Å². The maximum Gasteiger partial charge on any atom is 0.0688 e. The molecule has 0 aliphatic heterocycles. The third-order valence-corrected chi connectivity index (χ3v) is 4.91. The Morgan fingerprint density at radius 3 is 2.25 bits per heavy atom. The summed E-state index contributed by atoms with van der Waals surface area (Å²) in [5.74, 6) is 1.43. The van der Waals surface area contributed by atoms with Gasteiger partial charge in [-0.3, -0.25) is 0 Å². The molecule has 0 aromatic heterocycles. The van der Waals surface area contributed by atoms with Crippen LogP contribution >= 0.6 is 0 Å². The summed E-state index contributed by atoms with van der Waals surface area (Å²) in [4.78, 5) is 0. The third kappa shape index (κ3) is 4.09. The number of hydrogen-bond acceptors (Lipinski definition) is 1. The van der Waals surface area contributed by atoms with Crippen LogP contribution in [0.1, 0.15) is 76.3 Å². The lowest BCUT2D eigenvalue weighted by Crippen LogP contribution is -2.36. The van der Waals surface area contributed by atoms with E-state index in [0.29, 0.717) is 5.92 Å². The summed E-state index contributed by atoms with van der Waals surface area (Å²) in [7, 11) is 0. The van der Waals surface area contributed by atoms with Crippen molar-refractivity contribution in [2.24, 2.45) is 5.92 Å². The normalized spacial score (nSPS) is 26.9. The lowest BCUT2D eigenvalue weighted by Gasteiger charge is -2.36. The monoisotopic (exact) mass is 274 g/mol. The molecule has 1 aromatic rings. The van der Waals surface area contributed by atoms with Crippen LogP contribution in [0.4, 0.5) is 0 Å². The summed E-state index contributed by atoms with van der Waals surface area (Å²) in [5.41, 5.74) is 2.21. The number of hydrogen-bond donors (Lipinski definition) is 1. The second-order valence-electron chi connectivity index (χ2n) is 7.03. The molecule has 1 heteroatoms. The fourth-order valence-electron chi connectivity index (χ4n) is 3.49. The molecule has 1 N–H and O–H groups in total. The summed E-state index contributed by atoms with van der Waals surface area (Å²) in [6.45, 7) is 6.70. The van der Waals surface area contributed by atoms with E-state index in [-0.39, 0.29) is 0 Å². The van der Waals surface area contributed by atoms with E-state index < -0.39 is 5.60 Å². The first-order chi connectivity index (χ1) is 9.52. The first kappa shape index (κ1) is 15.6. The standard InChI is InChI=1S/C19H30O/c1-4-5-16-10-12-19(20,13-11-16)14-17-6-8-18(9-7-17)15(2)3/h6-9,15-16,20H,4-5,10-14H2,1-3H3. The minimum Gasteiger partial charge on any atom is -0.390 e. The zero-order valence-corrected chi connectivity index (χ0v) is 13.4. The summed E-state index contributed by atoms with van der Waals surface area (Å²) in [5, 5.41) is 10.8. The topological polar surface area (TPSA) is 20.2 Å². The van der Waals surface area contributed by atoms with E-state index in [1.54, 1.807) is 0 Å². The van der Waals surface area contributed by atoms with Gasteiger partial charge in [0.25, 0.3) is 0 Å². The van der Waals surface area contributed by atoms with Crippen molar-refractivity contribution >= 4 is 0 Å². The van der Waals surface area contributed by atoms with Gasteiger partial charge >= 0.3 is 0 Å². The minimum atomic E-state index is -0.455. The van der Waals surface area contributed by atoms with E-state index in [4.69, 9.17) is 0 Å². The molecule has 0 amide bonds. The Hall–Kier alpha value is -0.820. The predicted molar refractivity (Wildman–Crippen MR) is 86.1 cm³/mol. The molecule has 0 saturated heterocycles. The molecule has 1 nitrogen and oxygen atoms in total. The van der Waals surface area contributed by atoms with Gasteiger partial charge in [-0.15, -0.1) is 0 Å². The van der Waals surface area contributed by atoms with Gasteiger partial charge in [-0.1, -0.05) is 57.9 Å². The van der Waals surface area contributed by atoms with Crippen molar-refractivity contribution in [1.29, 1.82) is 0 Å². The smallest absolute Gasteiger partial charge is 0.0688 e. The van der Waals surface area contributed by atoms with Crippen LogP contribution in [-0.2, 0) is 6.42 Å². The fourth-order valence-corrected chi connectivity index (χ4v) is 3.49. The average molecular weight is 274 g/mol. The lowest BCUT2D eigenvalue weighted by atomic mass is 9.74. The number of aliphatic hydroxyl groups is 1. The van der Waals surface area contributed by atoms with E-state index >= 15 is 0 Å². The van der Waals surface area contributed by atoms with Crippen LogP contribution in [0.25, 0.3) is 0 Å². The van der Waals surface area contributed by atoms with Crippen molar-refractivity contribution in [3.63, 3.8) is 0 Å². The second kappa shape index (κ2) is 6.76. The molecule has 1 aromatic carbocycles. The summed E-state index contributed by atoms with van der Waals surface area (Å²) < 4.78 is 0. The maximum absolute atomic E-state index is 10.8. The molecule has 0 spiro atoms. The van der Waals surface area contributed by atoms with Crippen LogP contribution in [0.15, 0.2) is 24.3 Å². The van der Waals surface area contributed by atoms with Crippen molar-refractivity contribution in [3.05, 3.63) is 35.4 Å². The molecule has 0 bridgehead atoms. The Morgan fingerprint density at radius 1 is 1.15 bits per heavy atom. The molecule has 112 valence electrons. The van der Waals surface area contributed by atoms with Gasteiger partial charge in [0.1, 0.15) is 0 Å². The quantitative estimate of drug-likeness (QED) is 0.794. The van der Waals surface area contributed by atoms with Crippen molar-refractivity contribution < 1.29 is 5.11 Å². The van der Waals surface area contributed by atoms with Crippen molar-refractivity contribution in [2.45, 2.75) is 77.2 Å². The van der Waals surface area contributed by atoms with E-state index in [2.05, 4.69) is 45.0 Å². The highest BCUT2D eigenvalue weighted by Gasteiger charge is 2.32. The van der Waals surface area contributed by atoms with Crippen molar-refractivity contribution in [3.8, 4) is 0 Å².